The van der Waals surface area contributed by atoms with Crippen LogP contribution >= 0.6 is 11.6 Å². The van der Waals surface area contributed by atoms with E-state index in [9.17, 15) is 0 Å². The van der Waals surface area contributed by atoms with Crippen molar-refractivity contribution in [2.24, 2.45) is 5.92 Å². The van der Waals surface area contributed by atoms with Crippen molar-refractivity contribution in [1.29, 1.82) is 0 Å². The van der Waals surface area contributed by atoms with E-state index in [1.807, 2.05) is 6.07 Å². The third-order valence-electron chi connectivity index (χ3n) is 2.88. The second-order valence-electron chi connectivity index (χ2n) is 4.29. The third kappa shape index (κ3) is 4.25. The quantitative estimate of drug-likeness (QED) is 0.461. The van der Waals surface area contributed by atoms with Gasteiger partial charge in [-0.2, -0.15) is 0 Å². The highest BCUT2D eigenvalue weighted by molar-refractivity contribution is 6.20. The summed E-state index contributed by atoms with van der Waals surface area (Å²) in [5.74, 6) is 0.570. The molecule has 0 aliphatic heterocycles. The molecule has 1 rings (SSSR count). The second-order valence-corrected chi connectivity index (χ2v) is 4.76. The molecule has 0 aliphatic carbocycles. The molecule has 1 aromatic carbocycles. The molecule has 0 bridgehead atoms. The van der Waals surface area contributed by atoms with E-state index in [1.165, 1.54) is 31.2 Å². The predicted octanol–water partition coefficient (Wildman–Crippen LogP) is 5.18. The predicted molar refractivity (Wildman–Crippen MR) is 68.3 cm³/mol. The van der Waals surface area contributed by atoms with Crippen LogP contribution in [0.25, 0.3) is 0 Å². The molecule has 84 valence electrons. The Hall–Kier alpha value is -0.490. The van der Waals surface area contributed by atoms with Gasteiger partial charge in [0.25, 0.3) is 0 Å². The van der Waals surface area contributed by atoms with Gasteiger partial charge in [0.15, 0.2) is 0 Å². The normalized spacial score (nSPS) is 14.9. The monoisotopic (exact) mass is 224 g/mol. The zero-order chi connectivity index (χ0) is 11.1. The molecule has 0 aromatic heterocycles. The molecule has 0 heterocycles. The van der Waals surface area contributed by atoms with Crippen molar-refractivity contribution in [3.8, 4) is 0 Å². The van der Waals surface area contributed by atoms with Crippen LogP contribution in [-0.4, -0.2) is 0 Å². The molecule has 0 amide bonds. The lowest BCUT2D eigenvalue weighted by Gasteiger charge is -2.18. The molecule has 1 aromatic rings. The lowest BCUT2D eigenvalue weighted by molar-refractivity contribution is 0.481. The van der Waals surface area contributed by atoms with Crippen LogP contribution in [0.2, 0.25) is 0 Å². The Morgan fingerprint density at radius 2 is 1.80 bits per heavy atom. The van der Waals surface area contributed by atoms with Gasteiger partial charge in [-0.15, -0.1) is 11.6 Å². The van der Waals surface area contributed by atoms with Crippen molar-refractivity contribution in [2.75, 3.05) is 0 Å². The summed E-state index contributed by atoms with van der Waals surface area (Å²) in [6.07, 6.45) is 5.14. The van der Waals surface area contributed by atoms with E-state index in [4.69, 9.17) is 11.6 Å². The van der Waals surface area contributed by atoms with Gasteiger partial charge >= 0.3 is 0 Å². The number of hydrogen-bond acceptors (Lipinski definition) is 0. The van der Waals surface area contributed by atoms with Crippen molar-refractivity contribution >= 4 is 11.6 Å². The highest BCUT2D eigenvalue weighted by atomic mass is 35.5. The van der Waals surface area contributed by atoms with Crippen LogP contribution in [0.1, 0.15) is 50.5 Å². The highest BCUT2D eigenvalue weighted by Gasteiger charge is 2.15. The molecule has 0 fully saturated rings. The molecule has 15 heavy (non-hydrogen) atoms. The molecule has 0 radical (unpaired) electrons. The van der Waals surface area contributed by atoms with Crippen LogP contribution in [0.15, 0.2) is 30.3 Å². The summed E-state index contributed by atoms with van der Waals surface area (Å²) in [6.45, 7) is 4.49. The van der Waals surface area contributed by atoms with Gasteiger partial charge in [-0.3, -0.25) is 0 Å². The van der Waals surface area contributed by atoms with Crippen molar-refractivity contribution in [3.63, 3.8) is 0 Å². The van der Waals surface area contributed by atoms with Gasteiger partial charge in [-0.25, -0.2) is 0 Å². The number of unbranched alkanes of at least 4 members (excludes halogenated alkanes) is 2. The summed E-state index contributed by atoms with van der Waals surface area (Å²) in [7, 11) is 0. The van der Waals surface area contributed by atoms with E-state index in [-0.39, 0.29) is 5.38 Å². The Morgan fingerprint density at radius 1 is 1.13 bits per heavy atom. The Bertz CT molecular complexity index is 255. The van der Waals surface area contributed by atoms with Gasteiger partial charge in [0.1, 0.15) is 0 Å². The molecule has 0 saturated carbocycles. The van der Waals surface area contributed by atoms with Crippen LogP contribution in [0.4, 0.5) is 0 Å². The molecule has 0 aliphatic rings. The maximum Gasteiger partial charge on any atom is 0.0610 e. The van der Waals surface area contributed by atoms with Crippen LogP contribution in [0.5, 0.6) is 0 Å². The van der Waals surface area contributed by atoms with Crippen molar-refractivity contribution in [1.82, 2.24) is 0 Å². The van der Waals surface area contributed by atoms with Gasteiger partial charge in [-0.05, 0) is 17.9 Å². The largest absolute Gasteiger partial charge is 0.118 e. The number of hydrogen-bond donors (Lipinski definition) is 0. The maximum absolute atomic E-state index is 6.44. The number of rotatable bonds is 6. The Kier molecular flexibility index (Phi) is 5.78. The third-order valence-corrected chi connectivity index (χ3v) is 3.56. The first-order valence-electron chi connectivity index (χ1n) is 5.94. The first-order chi connectivity index (χ1) is 7.25. The van der Waals surface area contributed by atoms with Crippen molar-refractivity contribution < 1.29 is 0 Å². The summed E-state index contributed by atoms with van der Waals surface area (Å²) in [5.41, 5.74) is 1.25. The van der Waals surface area contributed by atoms with E-state index < -0.39 is 0 Å². The summed E-state index contributed by atoms with van der Waals surface area (Å²) < 4.78 is 0. The van der Waals surface area contributed by atoms with Crippen LogP contribution < -0.4 is 0 Å². The van der Waals surface area contributed by atoms with Gasteiger partial charge in [0.2, 0.25) is 0 Å². The minimum atomic E-state index is 0.169. The molecule has 2 atom stereocenters. The average molecular weight is 225 g/mol. The number of alkyl halides is 1. The van der Waals surface area contributed by atoms with Gasteiger partial charge < -0.3 is 0 Å². The van der Waals surface area contributed by atoms with Crippen LogP contribution in [-0.2, 0) is 0 Å². The topological polar surface area (TPSA) is 0 Å². The first-order valence-corrected chi connectivity index (χ1v) is 6.38. The zero-order valence-corrected chi connectivity index (χ0v) is 10.5. The summed E-state index contributed by atoms with van der Waals surface area (Å²) in [5, 5.41) is 0.169. The summed E-state index contributed by atoms with van der Waals surface area (Å²) in [4.78, 5) is 0. The number of halogens is 1. The van der Waals surface area contributed by atoms with Crippen LogP contribution in [0, 0.1) is 5.92 Å². The second kappa shape index (κ2) is 6.90. The van der Waals surface area contributed by atoms with E-state index in [1.54, 1.807) is 0 Å². The molecule has 1 heteroatoms. The molecular formula is C14H21Cl. The molecule has 2 unspecified atom stereocenters. The maximum atomic E-state index is 6.44. The SMILES string of the molecule is CCCCCC(C)C(Cl)c1ccccc1. The molecule has 0 N–H and O–H groups in total. The van der Waals surface area contributed by atoms with E-state index in [0.29, 0.717) is 5.92 Å². The van der Waals surface area contributed by atoms with Crippen LogP contribution in [0.3, 0.4) is 0 Å². The first kappa shape index (κ1) is 12.6. The zero-order valence-electron chi connectivity index (χ0n) is 9.75. The Labute approximate surface area is 98.7 Å². The highest BCUT2D eigenvalue weighted by Crippen LogP contribution is 2.31. The lowest BCUT2D eigenvalue weighted by Crippen LogP contribution is -2.03. The number of benzene rings is 1. The van der Waals surface area contributed by atoms with Gasteiger partial charge in [-0.1, -0.05) is 63.4 Å². The van der Waals surface area contributed by atoms with E-state index in [2.05, 4.69) is 38.1 Å². The lowest BCUT2D eigenvalue weighted by atomic mass is 9.95. The van der Waals surface area contributed by atoms with E-state index >= 15 is 0 Å². The Morgan fingerprint density at radius 3 is 2.40 bits per heavy atom. The van der Waals surface area contributed by atoms with Gasteiger partial charge in [0.05, 0.1) is 5.38 Å². The molecular weight excluding hydrogens is 204 g/mol. The minimum Gasteiger partial charge on any atom is -0.118 e. The fraction of sp³-hybridized carbons (Fsp3) is 0.571. The minimum absolute atomic E-state index is 0.169. The van der Waals surface area contributed by atoms with Crippen molar-refractivity contribution in [3.05, 3.63) is 35.9 Å². The molecule has 0 nitrogen and oxygen atoms in total. The fourth-order valence-electron chi connectivity index (χ4n) is 1.83. The average Bonchev–Trinajstić information content (AvgIpc) is 2.29. The standard InChI is InChI=1S/C14H21Cl/c1-3-4-6-9-12(2)14(15)13-10-7-5-8-11-13/h5,7-8,10-12,14H,3-4,6,9H2,1-2H3. The Balaban J connectivity index is 2.42. The smallest absolute Gasteiger partial charge is 0.0610 e. The van der Waals surface area contributed by atoms with Crippen molar-refractivity contribution in [2.45, 2.75) is 44.9 Å². The molecule has 0 spiro atoms. The summed E-state index contributed by atoms with van der Waals surface area (Å²) >= 11 is 6.44. The van der Waals surface area contributed by atoms with Gasteiger partial charge in [0, 0.05) is 0 Å². The summed E-state index contributed by atoms with van der Waals surface area (Å²) in [6, 6.07) is 10.4. The molecule has 0 saturated heterocycles. The fourth-order valence-corrected chi connectivity index (χ4v) is 2.10. The van der Waals surface area contributed by atoms with E-state index in [0.717, 1.165) is 0 Å².